The molecule has 80 valence electrons. The average molecular weight is 270 g/mol. The Balaban J connectivity index is 2.68. The van der Waals surface area contributed by atoms with Gasteiger partial charge in [-0.25, -0.2) is 4.79 Å². The standard InChI is InChI=1S/C11H12BrNO2/c12-8-5-6-3-1-2-4-7(6)9(10(8)13)11(14)15/h5H,1-4,13H2,(H,14,15). The van der Waals surface area contributed by atoms with Crippen LogP contribution >= 0.6 is 15.9 Å². The summed E-state index contributed by atoms with van der Waals surface area (Å²) in [5.41, 5.74) is 8.47. The number of carboxylic acids is 1. The van der Waals surface area contributed by atoms with Gasteiger partial charge in [0.05, 0.1) is 11.3 Å². The molecule has 0 saturated carbocycles. The summed E-state index contributed by atoms with van der Waals surface area (Å²) in [6.07, 6.45) is 3.96. The monoisotopic (exact) mass is 269 g/mol. The molecule has 0 saturated heterocycles. The Morgan fingerprint density at radius 3 is 2.73 bits per heavy atom. The highest BCUT2D eigenvalue weighted by Gasteiger charge is 2.21. The third-order valence-electron chi connectivity index (χ3n) is 2.85. The minimum atomic E-state index is -0.924. The molecule has 0 aromatic heterocycles. The second-order valence-electron chi connectivity index (χ2n) is 3.80. The Bertz CT molecular complexity index is 429. The van der Waals surface area contributed by atoms with Crippen LogP contribution in [-0.4, -0.2) is 11.1 Å². The van der Waals surface area contributed by atoms with Gasteiger partial charge in [0.15, 0.2) is 0 Å². The first-order valence-electron chi connectivity index (χ1n) is 4.94. The smallest absolute Gasteiger partial charge is 0.338 e. The van der Waals surface area contributed by atoms with E-state index in [4.69, 9.17) is 10.8 Å². The predicted octanol–water partition coefficient (Wildman–Crippen LogP) is 2.61. The molecule has 2 rings (SSSR count). The van der Waals surface area contributed by atoms with Crippen molar-refractivity contribution in [3.63, 3.8) is 0 Å². The predicted molar refractivity (Wildman–Crippen MR) is 62.2 cm³/mol. The molecule has 1 aliphatic rings. The largest absolute Gasteiger partial charge is 0.478 e. The van der Waals surface area contributed by atoms with Gasteiger partial charge in [-0.2, -0.15) is 0 Å². The summed E-state index contributed by atoms with van der Waals surface area (Å²) in [5.74, 6) is -0.924. The molecule has 1 aromatic rings. The molecule has 0 fully saturated rings. The van der Waals surface area contributed by atoms with Gasteiger partial charge in [-0.15, -0.1) is 0 Å². The fourth-order valence-electron chi connectivity index (χ4n) is 2.13. The zero-order chi connectivity index (χ0) is 11.0. The van der Waals surface area contributed by atoms with Gasteiger partial charge in [0, 0.05) is 4.47 Å². The third kappa shape index (κ3) is 1.74. The molecule has 4 heteroatoms. The molecule has 1 aromatic carbocycles. The van der Waals surface area contributed by atoms with Crippen molar-refractivity contribution < 1.29 is 9.90 Å². The number of hydrogen-bond acceptors (Lipinski definition) is 2. The van der Waals surface area contributed by atoms with Crippen LogP contribution in [0.5, 0.6) is 0 Å². The summed E-state index contributed by atoms with van der Waals surface area (Å²) in [6.45, 7) is 0. The lowest BCUT2D eigenvalue weighted by Gasteiger charge is -2.20. The van der Waals surface area contributed by atoms with E-state index in [-0.39, 0.29) is 0 Å². The van der Waals surface area contributed by atoms with E-state index >= 15 is 0 Å². The van der Waals surface area contributed by atoms with Crippen molar-refractivity contribution in [3.8, 4) is 0 Å². The van der Waals surface area contributed by atoms with Gasteiger partial charge in [-0.05, 0) is 58.8 Å². The van der Waals surface area contributed by atoms with Gasteiger partial charge < -0.3 is 10.8 Å². The van der Waals surface area contributed by atoms with Crippen LogP contribution in [0, 0.1) is 0 Å². The number of anilines is 1. The van der Waals surface area contributed by atoms with Crippen LogP contribution in [-0.2, 0) is 12.8 Å². The number of halogens is 1. The van der Waals surface area contributed by atoms with E-state index in [0.717, 1.165) is 36.8 Å². The second-order valence-corrected chi connectivity index (χ2v) is 4.65. The third-order valence-corrected chi connectivity index (χ3v) is 3.51. The van der Waals surface area contributed by atoms with Gasteiger partial charge in [0.1, 0.15) is 0 Å². The highest BCUT2D eigenvalue weighted by Crippen LogP contribution is 2.33. The average Bonchev–Trinajstić information content (AvgIpc) is 2.19. The highest BCUT2D eigenvalue weighted by molar-refractivity contribution is 9.10. The second kappa shape index (κ2) is 3.85. The SMILES string of the molecule is Nc1c(Br)cc2c(c1C(=O)O)CCCC2. The molecule has 0 bridgehead atoms. The number of fused-ring (bicyclic) bond motifs is 1. The molecular formula is C11H12BrNO2. The van der Waals surface area contributed by atoms with E-state index in [2.05, 4.69) is 15.9 Å². The maximum Gasteiger partial charge on any atom is 0.338 e. The molecular weight excluding hydrogens is 258 g/mol. The summed E-state index contributed by atoms with van der Waals surface area (Å²) in [4.78, 5) is 11.1. The zero-order valence-corrected chi connectivity index (χ0v) is 9.80. The van der Waals surface area contributed by atoms with Gasteiger partial charge in [0.2, 0.25) is 0 Å². The topological polar surface area (TPSA) is 63.3 Å². The van der Waals surface area contributed by atoms with E-state index in [1.807, 2.05) is 6.07 Å². The molecule has 0 radical (unpaired) electrons. The summed E-state index contributed by atoms with van der Waals surface area (Å²) in [6, 6.07) is 1.95. The van der Waals surface area contributed by atoms with Gasteiger partial charge in [-0.3, -0.25) is 0 Å². The first-order chi connectivity index (χ1) is 7.11. The Kier molecular flexibility index (Phi) is 2.69. The molecule has 3 N–H and O–H groups in total. The Hall–Kier alpha value is -1.03. The summed E-state index contributed by atoms with van der Waals surface area (Å²) in [5, 5.41) is 9.15. The van der Waals surface area contributed by atoms with E-state index in [1.165, 1.54) is 0 Å². The van der Waals surface area contributed by atoms with E-state index in [9.17, 15) is 4.79 Å². The zero-order valence-electron chi connectivity index (χ0n) is 8.22. The first-order valence-corrected chi connectivity index (χ1v) is 5.73. The van der Waals surface area contributed by atoms with E-state index < -0.39 is 5.97 Å². The number of rotatable bonds is 1. The van der Waals surface area contributed by atoms with Crippen LogP contribution in [0.2, 0.25) is 0 Å². The molecule has 0 heterocycles. The fourth-order valence-corrected chi connectivity index (χ4v) is 2.61. The van der Waals surface area contributed by atoms with Crippen molar-refractivity contribution in [2.75, 3.05) is 5.73 Å². The van der Waals surface area contributed by atoms with Crippen molar-refractivity contribution in [1.82, 2.24) is 0 Å². The molecule has 0 aliphatic heterocycles. The Morgan fingerprint density at radius 1 is 1.40 bits per heavy atom. The van der Waals surface area contributed by atoms with Crippen molar-refractivity contribution in [1.29, 1.82) is 0 Å². The molecule has 1 aliphatic carbocycles. The molecule has 0 spiro atoms. The van der Waals surface area contributed by atoms with E-state index in [0.29, 0.717) is 15.7 Å². The maximum atomic E-state index is 11.1. The minimum Gasteiger partial charge on any atom is -0.478 e. The van der Waals surface area contributed by atoms with Crippen molar-refractivity contribution in [2.24, 2.45) is 0 Å². The van der Waals surface area contributed by atoms with Crippen LogP contribution in [0.15, 0.2) is 10.5 Å². The van der Waals surface area contributed by atoms with Crippen molar-refractivity contribution >= 4 is 27.6 Å². The molecule has 3 nitrogen and oxygen atoms in total. The number of benzene rings is 1. The van der Waals surface area contributed by atoms with Crippen LogP contribution in [0.25, 0.3) is 0 Å². The number of hydrogen-bond donors (Lipinski definition) is 2. The van der Waals surface area contributed by atoms with Crippen LogP contribution in [0.1, 0.15) is 34.3 Å². The molecule has 15 heavy (non-hydrogen) atoms. The number of carboxylic acid groups (broad SMARTS) is 1. The molecule has 0 atom stereocenters. The number of aryl methyl sites for hydroxylation is 1. The number of aromatic carboxylic acids is 1. The van der Waals surface area contributed by atoms with Gasteiger partial charge >= 0.3 is 5.97 Å². The minimum absolute atomic E-state index is 0.291. The summed E-state index contributed by atoms with van der Waals surface area (Å²) < 4.78 is 0.695. The molecule has 0 unspecified atom stereocenters. The summed E-state index contributed by atoms with van der Waals surface area (Å²) in [7, 11) is 0. The first kappa shape index (κ1) is 10.5. The van der Waals surface area contributed by atoms with Crippen LogP contribution in [0.4, 0.5) is 5.69 Å². The Labute approximate surface area is 96.4 Å². The lowest BCUT2D eigenvalue weighted by molar-refractivity contribution is 0.0696. The maximum absolute atomic E-state index is 11.1. The van der Waals surface area contributed by atoms with Gasteiger partial charge in [-0.1, -0.05) is 0 Å². The molecule has 0 amide bonds. The highest BCUT2D eigenvalue weighted by atomic mass is 79.9. The number of nitrogen functional groups attached to an aromatic ring is 1. The normalized spacial score (nSPS) is 14.7. The fraction of sp³-hybridized carbons (Fsp3) is 0.364. The lowest BCUT2D eigenvalue weighted by Crippen LogP contribution is -2.13. The van der Waals surface area contributed by atoms with Crippen molar-refractivity contribution in [3.05, 3.63) is 27.2 Å². The van der Waals surface area contributed by atoms with Crippen LogP contribution in [0.3, 0.4) is 0 Å². The number of nitrogens with two attached hydrogens (primary N) is 1. The lowest BCUT2D eigenvalue weighted by atomic mass is 9.87. The quantitative estimate of drug-likeness (QED) is 0.771. The van der Waals surface area contributed by atoms with Crippen LogP contribution < -0.4 is 5.73 Å². The Morgan fingerprint density at radius 2 is 2.07 bits per heavy atom. The number of carbonyl (C=O) groups is 1. The van der Waals surface area contributed by atoms with Gasteiger partial charge in [0.25, 0.3) is 0 Å². The van der Waals surface area contributed by atoms with Crippen molar-refractivity contribution in [2.45, 2.75) is 25.7 Å². The van der Waals surface area contributed by atoms with E-state index in [1.54, 1.807) is 0 Å². The summed E-state index contributed by atoms with van der Waals surface area (Å²) >= 11 is 3.31.